The molecule has 0 saturated heterocycles. The monoisotopic (exact) mass is 301 g/mol. The first kappa shape index (κ1) is 10.6. The van der Waals surface area contributed by atoms with Crippen molar-refractivity contribution in [1.82, 2.24) is 0 Å². The van der Waals surface area contributed by atoms with Crippen LogP contribution in [0, 0.1) is 9.39 Å². The first-order chi connectivity index (χ1) is 6.08. The molecule has 0 aliphatic carbocycles. The van der Waals surface area contributed by atoms with Gasteiger partial charge in [0.15, 0.2) is 0 Å². The van der Waals surface area contributed by atoms with Crippen LogP contribution in [0.4, 0.5) is 18.9 Å². The summed E-state index contributed by atoms with van der Waals surface area (Å²) < 4.78 is 36.9. The smallest absolute Gasteiger partial charge is 0.255 e. The number of hydrogen-bond donors (Lipinski definition) is 1. The van der Waals surface area contributed by atoms with Crippen LogP contribution in [-0.4, -0.2) is 13.0 Å². The maximum Gasteiger partial charge on any atom is 0.255 e. The fourth-order valence-corrected chi connectivity index (χ4v) is 1.48. The van der Waals surface area contributed by atoms with Crippen LogP contribution in [0.5, 0.6) is 0 Å². The molecule has 0 aliphatic heterocycles. The van der Waals surface area contributed by atoms with Crippen molar-refractivity contribution in [2.24, 2.45) is 0 Å². The van der Waals surface area contributed by atoms with Gasteiger partial charge in [-0.2, -0.15) is 0 Å². The lowest BCUT2D eigenvalue weighted by molar-refractivity contribution is 0.163. The lowest BCUT2D eigenvalue weighted by Gasteiger charge is -2.05. The Balaban J connectivity index is 2.66. The van der Waals surface area contributed by atoms with Gasteiger partial charge in [0.25, 0.3) is 6.43 Å². The van der Waals surface area contributed by atoms with Crippen molar-refractivity contribution in [1.29, 1.82) is 0 Å². The fourth-order valence-electron chi connectivity index (χ4n) is 0.851. The Labute approximate surface area is 87.5 Å². The molecule has 1 rings (SSSR count). The van der Waals surface area contributed by atoms with Crippen LogP contribution in [0.1, 0.15) is 0 Å². The molecule has 1 N–H and O–H groups in total. The predicted molar refractivity (Wildman–Crippen MR) is 53.6 cm³/mol. The second-order valence-electron chi connectivity index (χ2n) is 2.43. The topological polar surface area (TPSA) is 12.0 Å². The lowest BCUT2D eigenvalue weighted by Crippen LogP contribution is -2.10. The van der Waals surface area contributed by atoms with E-state index in [0.29, 0.717) is 9.26 Å². The Morgan fingerprint density at radius 2 is 2.00 bits per heavy atom. The van der Waals surface area contributed by atoms with Crippen molar-refractivity contribution in [2.45, 2.75) is 6.43 Å². The Bertz CT molecular complexity index is 270. The van der Waals surface area contributed by atoms with E-state index in [2.05, 4.69) is 5.32 Å². The molecule has 5 heteroatoms. The van der Waals surface area contributed by atoms with Gasteiger partial charge < -0.3 is 5.32 Å². The summed E-state index contributed by atoms with van der Waals surface area (Å²) in [6.07, 6.45) is -2.43. The summed E-state index contributed by atoms with van der Waals surface area (Å²) >= 11 is 1.92. The molecule has 0 aliphatic rings. The summed E-state index contributed by atoms with van der Waals surface area (Å²) in [5, 5.41) is 2.43. The zero-order valence-electron chi connectivity index (χ0n) is 6.53. The SMILES string of the molecule is Fc1cc(I)cc(NCC(F)F)c1. The van der Waals surface area contributed by atoms with Gasteiger partial charge in [0.1, 0.15) is 5.82 Å². The van der Waals surface area contributed by atoms with Crippen LogP contribution in [0.15, 0.2) is 18.2 Å². The highest BCUT2D eigenvalue weighted by atomic mass is 127. The molecule has 0 saturated carbocycles. The van der Waals surface area contributed by atoms with E-state index in [1.165, 1.54) is 12.1 Å². The van der Waals surface area contributed by atoms with Crippen LogP contribution in [0.3, 0.4) is 0 Å². The van der Waals surface area contributed by atoms with Crippen LogP contribution < -0.4 is 5.32 Å². The molecule has 1 aromatic rings. The van der Waals surface area contributed by atoms with E-state index >= 15 is 0 Å². The molecule has 0 aromatic heterocycles. The average Bonchev–Trinajstić information content (AvgIpc) is 1.99. The summed E-state index contributed by atoms with van der Waals surface area (Å²) in [6.45, 7) is -0.459. The van der Waals surface area contributed by atoms with Crippen LogP contribution in [0.25, 0.3) is 0 Å². The zero-order valence-corrected chi connectivity index (χ0v) is 8.69. The number of anilines is 1. The van der Waals surface area contributed by atoms with Gasteiger partial charge in [-0.05, 0) is 40.8 Å². The molecule has 0 amide bonds. The second-order valence-corrected chi connectivity index (χ2v) is 3.68. The summed E-state index contributed by atoms with van der Waals surface area (Å²) in [4.78, 5) is 0. The number of alkyl halides is 2. The second kappa shape index (κ2) is 4.69. The Morgan fingerprint density at radius 3 is 2.54 bits per heavy atom. The first-order valence-electron chi connectivity index (χ1n) is 3.56. The van der Waals surface area contributed by atoms with Gasteiger partial charge >= 0.3 is 0 Å². The van der Waals surface area contributed by atoms with Crippen molar-refractivity contribution < 1.29 is 13.2 Å². The maximum absolute atomic E-state index is 12.7. The molecular formula is C8H7F3IN. The minimum absolute atomic E-state index is 0.379. The van der Waals surface area contributed by atoms with Gasteiger partial charge in [-0.1, -0.05) is 0 Å². The number of hydrogen-bond acceptors (Lipinski definition) is 1. The summed E-state index contributed by atoms with van der Waals surface area (Å²) in [7, 11) is 0. The molecule has 1 aromatic carbocycles. The van der Waals surface area contributed by atoms with Crippen LogP contribution in [0.2, 0.25) is 0 Å². The van der Waals surface area contributed by atoms with Crippen molar-refractivity contribution in [3.05, 3.63) is 27.6 Å². The highest BCUT2D eigenvalue weighted by molar-refractivity contribution is 14.1. The minimum atomic E-state index is -2.43. The Morgan fingerprint density at radius 1 is 1.31 bits per heavy atom. The minimum Gasteiger partial charge on any atom is -0.379 e. The number of benzene rings is 1. The molecule has 0 heterocycles. The molecule has 1 nitrogen and oxygen atoms in total. The summed E-state index contributed by atoms with van der Waals surface area (Å²) in [6, 6.07) is 4.12. The lowest BCUT2D eigenvalue weighted by atomic mass is 10.3. The highest BCUT2D eigenvalue weighted by Gasteiger charge is 2.03. The van der Waals surface area contributed by atoms with E-state index in [9.17, 15) is 13.2 Å². The molecule has 0 radical (unpaired) electrons. The van der Waals surface area contributed by atoms with Crippen molar-refractivity contribution in [2.75, 3.05) is 11.9 Å². The normalized spacial score (nSPS) is 10.5. The molecule has 72 valence electrons. The largest absolute Gasteiger partial charge is 0.379 e. The fraction of sp³-hybridized carbons (Fsp3) is 0.250. The molecule has 0 unspecified atom stereocenters. The van der Waals surface area contributed by atoms with Gasteiger partial charge in [0.05, 0.1) is 6.54 Å². The van der Waals surface area contributed by atoms with Crippen molar-refractivity contribution in [3.63, 3.8) is 0 Å². The van der Waals surface area contributed by atoms with E-state index in [1.54, 1.807) is 6.07 Å². The Kier molecular flexibility index (Phi) is 3.83. The van der Waals surface area contributed by atoms with Gasteiger partial charge in [-0.3, -0.25) is 0 Å². The van der Waals surface area contributed by atoms with E-state index in [4.69, 9.17) is 0 Å². The third-order valence-electron chi connectivity index (χ3n) is 1.32. The zero-order chi connectivity index (χ0) is 9.84. The quantitative estimate of drug-likeness (QED) is 0.846. The van der Waals surface area contributed by atoms with Crippen molar-refractivity contribution in [3.8, 4) is 0 Å². The number of rotatable bonds is 3. The third kappa shape index (κ3) is 3.84. The first-order valence-corrected chi connectivity index (χ1v) is 4.64. The van der Waals surface area contributed by atoms with E-state index in [-0.39, 0.29) is 0 Å². The van der Waals surface area contributed by atoms with Gasteiger partial charge in [0.2, 0.25) is 0 Å². The molecule has 0 atom stereocenters. The van der Waals surface area contributed by atoms with E-state index in [0.717, 1.165) is 0 Å². The molecular weight excluding hydrogens is 294 g/mol. The maximum atomic E-state index is 12.7. The molecule has 0 fully saturated rings. The third-order valence-corrected chi connectivity index (χ3v) is 1.95. The Hall–Kier alpha value is -0.460. The van der Waals surface area contributed by atoms with E-state index in [1.807, 2.05) is 22.6 Å². The molecule has 13 heavy (non-hydrogen) atoms. The van der Waals surface area contributed by atoms with Gasteiger partial charge in [0, 0.05) is 9.26 Å². The predicted octanol–water partition coefficient (Wildman–Crippen LogP) is 3.11. The summed E-state index contributed by atoms with van der Waals surface area (Å²) in [5.74, 6) is -0.427. The van der Waals surface area contributed by atoms with Crippen LogP contribution in [-0.2, 0) is 0 Å². The summed E-state index contributed by atoms with van der Waals surface area (Å²) in [5.41, 5.74) is 0.379. The number of halogens is 4. The van der Waals surface area contributed by atoms with Crippen molar-refractivity contribution >= 4 is 28.3 Å². The van der Waals surface area contributed by atoms with Crippen LogP contribution >= 0.6 is 22.6 Å². The molecule has 0 spiro atoms. The average molecular weight is 301 g/mol. The number of nitrogens with one attached hydrogen (secondary N) is 1. The standard InChI is InChI=1S/C8H7F3IN/c9-5-1-6(12)3-7(2-5)13-4-8(10)11/h1-3,8,13H,4H2. The molecule has 0 bridgehead atoms. The highest BCUT2D eigenvalue weighted by Crippen LogP contribution is 2.15. The van der Waals surface area contributed by atoms with E-state index < -0.39 is 18.8 Å². The van der Waals surface area contributed by atoms with Gasteiger partial charge in [-0.15, -0.1) is 0 Å². The van der Waals surface area contributed by atoms with Gasteiger partial charge in [-0.25, -0.2) is 13.2 Å².